The lowest BCUT2D eigenvalue weighted by Crippen LogP contribution is -2.42. The molecule has 2 nitrogen and oxygen atoms in total. The Morgan fingerprint density at radius 3 is 2.52 bits per heavy atom. The Morgan fingerprint density at radius 2 is 1.74 bits per heavy atom. The average molecular weight is 358 g/mol. The minimum atomic E-state index is -0.254. The predicted octanol–water partition coefficient (Wildman–Crippen LogP) is 6.36. The van der Waals surface area contributed by atoms with Gasteiger partial charge in [-0.2, -0.15) is 0 Å². The molecule has 1 aliphatic rings. The smallest absolute Gasteiger partial charge is 0.134 e. The first kappa shape index (κ1) is 17.5. The van der Waals surface area contributed by atoms with E-state index in [-0.39, 0.29) is 11.4 Å². The first-order chi connectivity index (χ1) is 12.8. The Balaban J connectivity index is 1.72. The minimum Gasteiger partial charge on any atom is -0.365 e. The summed E-state index contributed by atoms with van der Waals surface area (Å²) in [6.07, 6.45) is 3.84. The Labute approximate surface area is 159 Å². The van der Waals surface area contributed by atoms with Crippen LogP contribution in [0.5, 0.6) is 0 Å². The third kappa shape index (κ3) is 3.14. The molecule has 1 heterocycles. The van der Waals surface area contributed by atoms with Gasteiger partial charge < -0.3 is 4.90 Å². The topological polar surface area (TPSA) is 15.6 Å². The maximum atomic E-state index is 14.7. The van der Waals surface area contributed by atoms with Crippen molar-refractivity contribution in [2.75, 3.05) is 11.9 Å². The third-order valence-corrected chi connectivity index (χ3v) is 5.42. The molecule has 0 aliphatic carbocycles. The summed E-state index contributed by atoms with van der Waals surface area (Å²) in [4.78, 5) is 6.62. The van der Waals surface area contributed by atoms with Crippen molar-refractivity contribution in [3.63, 3.8) is 0 Å². The highest BCUT2D eigenvalue weighted by molar-refractivity contribution is 5.90. The van der Waals surface area contributed by atoms with Crippen LogP contribution in [-0.4, -0.2) is 18.8 Å². The van der Waals surface area contributed by atoms with Crippen LogP contribution in [0.4, 0.5) is 15.8 Å². The van der Waals surface area contributed by atoms with Crippen LogP contribution in [-0.2, 0) is 0 Å². The van der Waals surface area contributed by atoms with Crippen molar-refractivity contribution in [3.8, 4) is 0 Å². The standard InChI is InChI=1S/C24H23FN2/c1-16-14-24(2,3)27(4)23-13-22(25)19(12-21(16)23)15-26-20-10-9-17-7-5-6-8-18(17)11-20/h5-15H,1-4H3. The van der Waals surface area contributed by atoms with E-state index < -0.39 is 0 Å². The zero-order chi connectivity index (χ0) is 19.2. The molecule has 3 aromatic rings. The maximum Gasteiger partial charge on any atom is 0.134 e. The second-order valence-electron chi connectivity index (χ2n) is 7.72. The normalized spacial score (nSPS) is 15.9. The van der Waals surface area contributed by atoms with E-state index in [0.29, 0.717) is 5.56 Å². The molecule has 3 heteroatoms. The lowest BCUT2D eigenvalue weighted by molar-refractivity contribution is 0.589. The third-order valence-electron chi connectivity index (χ3n) is 5.42. The van der Waals surface area contributed by atoms with Crippen LogP contribution in [0.2, 0.25) is 0 Å². The van der Waals surface area contributed by atoms with E-state index >= 15 is 0 Å². The summed E-state index contributed by atoms with van der Waals surface area (Å²) in [5.41, 5.74) is 4.32. The first-order valence-electron chi connectivity index (χ1n) is 9.15. The number of nitrogens with zero attached hydrogens (tertiary/aromatic N) is 2. The van der Waals surface area contributed by atoms with Crippen LogP contribution in [0.15, 0.2) is 65.7 Å². The zero-order valence-electron chi connectivity index (χ0n) is 16.1. The van der Waals surface area contributed by atoms with Crippen molar-refractivity contribution in [1.29, 1.82) is 0 Å². The van der Waals surface area contributed by atoms with Gasteiger partial charge in [-0.25, -0.2) is 4.39 Å². The number of rotatable bonds is 2. The van der Waals surface area contributed by atoms with E-state index in [1.54, 1.807) is 12.3 Å². The van der Waals surface area contributed by atoms with E-state index in [4.69, 9.17) is 0 Å². The number of hydrogen-bond donors (Lipinski definition) is 0. The fourth-order valence-corrected chi connectivity index (χ4v) is 3.69. The van der Waals surface area contributed by atoms with Gasteiger partial charge in [0.05, 0.1) is 11.2 Å². The van der Waals surface area contributed by atoms with Crippen molar-refractivity contribution in [1.82, 2.24) is 0 Å². The Bertz CT molecular complexity index is 1090. The van der Waals surface area contributed by atoms with Gasteiger partial charge in [-0.15, -0.1) is 0 Å². The molecule has 0 bridgehead atoms. The number of hydrogen-bond acceptors (Lipinski definition) is 2. The minimum absolute atomic E-state index is 0.135. The summed E-state index contributed by atoms with van der Waals surface area (Å²) in [6, 6.07) is 17.7. The highest BCUT2D eigenvalue weighted by Gasteiger charge is 2.29. The van der Waals surface area contributed by atoms with E-state index in [9.17, 15) is 4.39 Å². The van der Waals surface area contributed by atoms with E-state index in [1.807, 2.05) is 43.4 Å². The van der Waals surface area contributed by atoms with Crippen molar-refractivity contribution in [2.24, 2.45) is 4.99 Å². The summed E-state index contributed by atoms with van der Waals surface area (Å²) in [7, 11) is 2.00. The van der Waals surface area contributed by atoms with Gasteiger partial charge in [0.2, 0.25) is 0 Å². The second kappa shape index (κ2) is 6.34. The summed E-state index contributed by atoms with van der Waals surface area (Å²) in [6.45, 7) is 6.34. The largest absolute Gasteiger partial charge is 0.365 e. The van der Waals surface area contributed by atoms with Gasteiger partial charge in [0.25, 0.3) is 0 Å². The molecule has 0 saturated carbocycles. The molecule has 27 heavy (non-hydrogen) atoms. The lowest BCUT2D eigenvalue weighted by Gasteiger charge is -2.40. The Kier molecular flexibility index (Phi) is 4.11. The summed E-state index contributed by atoms with van der Waals surface area (Å²) in [5, 5.41) is 2.29. The molecule has 1 aliphatic heterocycles. The van der Waals surface area contributed by atoms with Crippen LogP contribution >= 0.6 is 0 Å². The van der Waals surface area contributed by atoms with Gasteiger partial charge in [-0.3, -0.25) is 4.99 Å². The molecule has 0 unspecified atom stereocenters. The van der Waals surface area contributed by atoms with Gasteiger partial charge in [-0.05, 0) is 61.4 Å². The molecule has 0 aromatic heterocycles. The quantitative estimate of drug-likeness (QED) is 0.487. The van der Waals surface area contributed by atoms with E-state index in [2.05, 4.69) is 48.9 Å². The predicted molar refractivity (Wildman–Crippen MR) is 114 cm³/mol. The molecule has 0 spiro atoms. The van der Waals surface area contributed by atoms with Crippen LogP contribution < -0.4 is 4.90 Å². The first-order valence-corrected chi connectivity index (χ1v) is 9.15. The Morgan fingerprint density at radius 1 is 1.00 bits per heavy atom. The van der Waals surface area contributed by atoms with Gasteiger partial charge in [-0.1, -0.05) is 36.4 Å². The number of benzene rings is 3. The fourth-order valence-electron chi connectivity index (χ4n) is 3.69. The maximum absolute atomic E-state index is 14.7. The van der Waals surface area contributed by atoms with Crippen molar-refractivity contribution in [3.05, 3.63) is 77.6 Å². The molecule has 0 atom stereocenters. The number of likely N-dealkylation sites (N-methyl/N-ethyl adjacent to an activating group) is 1. The highest BCUT2D eigenvalue weighted by atomic mass is 19.1. The van der Waals surface area contributed by atoms with Gasteiger partial charge in [0.15, 0.2) is 0 Å². The monoisotopic (exact) mass is 358 g/mol. The van der Waals surface area contributed by atoms with Crippen LogP contribution in [0.25, 0.3) is 16.3 Å². The lowest BCUT2D eigenvalue weighted by atomic mass is 9.88. The van der Waals surface area contributed by atoms with Crippen LogP contribution in [0.1, 0.15) is 31.9 Å². The SMILES string of the molecule is CC1=CC(C)(C)N(C)c2cc(F)c(C=Nc3ccc4ccccc4c3)cc21. The number of allylic oxidation sites excluding steroid dienone is 1. The molecule has 0 amide bonds. The van der Waals surface area contributed by atoms with Gasteiger partial charge >= 0.3 is 0 Å². The molecule has 0 radical (unpaired) electrons. The molecule has 0 saturated heterocycles. The second-order valence-corrected chi connectivity index (χ2v) is 7.72. The number of anilines is 1. The number of aliphatic imine (C=N–C) groups is 1. The molecule has 4 rings (SSSR count). The molecule has 136 valence electrons. The number of halogens is 1. The zero-order valence-corrected chi connectivity index (χ0v) is 16.1. The van der Waals surface area contributed by atoms with Crippen molar-refractivity contribution in [2.45, 2.75) is 26.3 Å². The summed E-state index contributed by atoms with van der Waals surface area (Å²) in [5.74, 6) is -0.254. The highest BCUT2D eigenvalue weighted by Crippen LogP contribution is 2.38. The average Bonchev–Trinajstić information content (AvgIpc) is 2.64. The van der Waals surface area contributed by atoms with Crippen molar-refractivity contribution < 1.29 is 4.39 Å². The molecular weight excluding hydrogens is 335 g/mol. The molecule has 3 aromatic carbocycles. The van der Waals surface area contributed by atoms with Gasteiger partial charge in [0.1, 0.15) is 5.82 Å². The van der Waals surface area contributed by atoms with Crippen molar-refractivity contribution >= 4 is 33.9 Å². The van der Waals surface area contributed by atoms with Crippen LogP contribution in [0, 0.1) is 5.82 Å². The van der Waals surface area contributed by atoms with Crippen LogP contribution in [0.3, 0.4) is 0 Å². The molecule has 0 fully saturated rings. The number of fused-ring (bicyclic) bond motifs is 2. The summed E-state index contributed by atoms with van der Waals surface area (Å²) >= 11 is 0. The van der Waals surface area contributed by atoms with Gasteiger partial charge in [0, 0.05) is 30.1 Å². The fraction of sp³-hybridized carbons (Fsp3) is 0.208. The summed E-state index contributed by atoms with van der Waals surface area (Å²) < 4.78 is 14.7. The Hall–Kier alpha value is -2.94. The molecular formula is C24H23FN2. The van der Waals surface area contributed by atoms with E-state index in [1.165, 1.54) is 5.39 Å². The molecule has 0 N–H and O–H groups in total. The van der Waals surface area contributed by atoms with E-state index in [0.717, 1.165) is 27.9 Å².